The fraction of sp³-hybridized carbons (Fsp3) is 0.231. The predicted molar refractivity (Wildman–Crippen MR) is 123 cm³/mol. The summed E-state index contributed by atoms with van der Waals surface area (Å²) >= 11 is 0. The number of allylic oxidation sites excluding steroid dienone is 2. The van der Waals surface area contributed by atoms with Gasteiger partial charge in [0.15, 0.2) is 23.1 Å². The van der Waals surface area contributed by atoms with Gasteiger partial charge in [-0.25, -0.2) is 0 Å². The lowest BCUT2D eigenvalue weighted by Gasteiger charge is -2.12. The van der Waals surface area contributed by atoms with Crippen molar-refractivity contribution in [3.63, 3.8) is 0 Å². The molecule has 32 heavy (non-hydrogen) atoms. The van der Waals surface area contributed by atoms with Gasteiger partial charge < -0.3 is 9.47 Å². The Labute approximate surface area is 187 Å². The normalized spacial score (nSPS) is 10.0. The summed E-state index contributed by atoms with van der Waals surface area (Å²) in [6, 6.07) is 14.2. The predicted octanol–water partition coefficient (Wildman–Crippen LogP) is 4.27. The first-order valence-electron chi connectivity index (χ1n) is 10.1. The highest BCUT2D eigenvalue weighted by atomic mass is 16.5. The second-order valence-corrected chi connectivity index (χ2v) is 7.11. The van der Waals surface area contributed by atoms with Crippen molar-refractivity contribution in [1.29, 1.82) is 0 Å². The smallest absolute Gasteiger partial charge is 0.163 e. The molecule has 166 valence electrons. The Morgan fingerprint density at radius 2 is 0.906 bits per heavy atom. The Morgan fingerprint density at radius 1 is 0.594 bits per heavy atom. The van der Waals surface area contributed by atoms with E-state index in [-0.39, 0.29) is 47.5 Å². The lowest BCUT2D eigenvalue weighted by Crippen LogP contribution is -2.11. The van der Waals surface area contributed by atoms with Crippen LogP contribution < -0.4 is 9.47 Å². The monoisotopic (exact) mass is 434 g/mol. The summed E-state index contributed by atoms with van der Waals surface area (Å²) in [5, 5.41) is 0. The summed E-state index contributed by atoms with van der Waals surface area (Å²) in [5.41, 5.74) is 1.43. The second-order valence-electron chi connectivity index (χ2n) is 7.11. The number of para-hydroxylation sites is 2. The molecule has 0 heterocycles. The maximum absolute atomic E-state index is 11.7. The number of rotatable bonds is 11. The van der Waals surface area contributed by atoms with Crippen molar-refractivity contribution < 1.29 is 28.7 Å². The van der Waals surface area contributed by atoms with Gasteiger partial charge in [-0.2, -0.15) is 0 Å². The first-order chi connectivity index (χ1) is 15.2. The number of ether oxygens (including phenoxy) is 2. The Kier molecular flexibility index (Phi) is 8.83. The second kappa shape index (κ2) is 11.6. The molecule has 0 N–H and O–H groups in total. The fourth-order valence-electron chi connectivity index (χ4n) is 2.98. The minimum atomic E-state index is -0.309. The molecule has 6 nitrogen and oxygen atoms in total. The molecule has 0 spiro atoms. The van der Waals surface area contributed by atoms with E-state index in [1.807, 2.05) is 0 Å². The molecule has 0 bridgehead atoms. The third-order valence-corrected chi connectivity index (χ3v) is 4.55. The van der Waals surface area contributed by atoms with Crippen LogP contribution in [-0.4, -0.2) is 36.3 Å². The van der Waals surface area contributed by atoms with Gasteiger partial charge in [0.25, 0.3) is 0 Å². The Bertz CT molecular complexity index is 972. The molecule has 6 heteroatoms. The van der Waals surface area contributed by atoms with E-state index in [2.05, 4.69) is 0 Å². The largest absolute Gasteiger partial charge is 0.489 e. The van der Waals surface area contributed by atoms with Crippen LogP contribution in [0.15, 0.2) is 59.7 Å². The Balaban J connectivity index is 2.12. The van der Waals surface area contributed by atoms with E-state index >= 15 is 0 Å². The molecule has 0 amide bonds. The van der Waals surface area contributed by atoms with E-state index in [1.165, 1.54) is 39.8 Å². The van der Waals surface area contributed by atoms with Crippen molar-refractivity contribution in [1.82, 2.24) is 0 Å². The van der Waals surface area contributed by atoms with Gasteiger partial charge in [0, 0.05) is 11.1 Å². The molecule has 0 saturated carbocycles. The van der Waals surface area contributed by atoms with Gasteiger partial charge in [0.1, 0.15) is 24.7 Å². The van der Waals surface area contributed by atoms with Crippen LogP contribution in [0.25, 0.3) is 12.2 Å². The van der Waals surface area contributed by atoms with Crippen molar-refractivity contribution in [2.24, 2.45) is 0 Å². The van der Waals surface area contributed by atoms with E-state index in [1.54, 1.807) is 48.5 Å². The third kappa shape index (κ3) is 6.87. The molecule has 2 rings (SSSR count). The molecule has 0 aliphatic heterocycles. The number of carbonyl (C=O) groups is 4. The molecular formula is C26H26O6. The van der Waals surface area contributed by atoms with Gasteiger partial charge in [-0.1, -0.05) is 36.4 Å². The van der Waals surface area contributed by atoms with Crippen LogP contribution in [-0.2, 0) is 19.2 Å². The van der Waals surface area contributed by atoms with E-state index in [0.29, 0.717) is 22.6 Å². The molecule has 0 atom stereocenters. The first-order valence-corrected chi connectivity index (χ1v) is 10.1. The Hall–Kier alpha value is -3.80. The van der Waals surface area contributed by atoms with Gasteiger partial charge in [-0.05, 0) is 52.0 Å². The Morgan fingerprint density at radius 3 is 1.22 bits per heavy atom. The maximum Gasteiger partial charge on any atom is 0.163 e. The minimum Gasteiger partial charge on any atom is -0.489 e. The van der Waals surface area contributed by atoms with Crippen LogP contribution in [0, 0.1) is 0 Å². The van der Waals surface area contributed by atoms with Crippen molar-refractivity contribution in [3.8, 4) is 11.5 Å². The van der Waals surface area contributed by atoms with Crippen LogP contribution in [0.5, 0.6) is 11.5 Å². The molecule has 2 aromatic rings. The standard InChI is InChI=1S/C26H26O6/c1-17(27)23(18(2)28)15-21-9-5-7-11-25(21)31-13-14-32-26-12-8-6-10-22(26)16-24(19(3)29)20(4)30/h5-12,15-16H,13-14H2,1-4H3. The van der Waals surface area contributed by atoms with Gasteiger partial charge >= 0.3 is 0 Å². The van der Waals surface area contributed by atoms with Gasteiger partial charge in [-0.3, -0.25) is 19.2 Å². The lowest BCUT2D eigenvalue weighted by molar-refractivity contribution is -0.120. The molecule has 0 radical (unpaired) electrons. The van der Waals surface area contributed by atoms with E-state index in [9.17, 15) is 19.2 Å². The van der Waals surface area contributed by atoms with Crippen molar-refractivity contribution in [3.05, 3.63) is 70.8 Å². The summed E-state index contributed by atoms with van der Waals surface area (Å²) in [5.74, 6) is -0.211. The molecule has 0 saturated heterocycles. The van der Waals surface area contributed by atoms with Crippen LogP contribution in [0.1, 0.15) is 38.8 Å². The van der Waals surface area contributed by atoms with Crippen molar-refractivity contribution >= 4 is 35.3 Å². The SMILES string of the molecule is CC(=O)C(=Cc1ccccc1OCCOc1ccccc1C=C(C(C)=O)C(C)=O)C(C)=O. The number of Topliss-reactive ketones (excluding diaryl/α,β-unsaturated/α-hetero) is 4. The molecule has 0 fully saturated rings. The first kappa shape index (κ1) is 24.5. The zero-order valence-electron chi connectivity index (χ0n) is 18.6. The number of carbonyl (C=O) groups excluding carboxylic acids is 4. The minimum absolute atomic E-state index is 0.102. The quantitative estimate of drug-likeness (QED) is 0.227. The van der Waals surface area contributed by atoms with Crippen LogP contribution in [0.2, 0.25) is 0 Å². The van der Waals surface area contributed by atoms with Gasteiger partial charge in [-0.15, -0.1) is 0 Å². The van der Waals surface area contributed by atoms with Crippen molar-refractivity contribution in [2.45, 2.75) is 27.7 Å². The van der Waals surface area contributed by atoms with E-state index in [0.717, 1.165) is 0 Å². The fourth-order valence-corrected chi connectivity index (χ4v) is 2.98. The molecular weight excluding hydrogens is 408 g/mol. The highest BCUT2D eigenvalue weighted by Crippen LogP contribution is 2.23. The molecule has 0 unspecified atom stereocenters. The van der Waals surface area contributed by atoms with E-state index in [4.69, 9.17) is 9.47 Å². The third-order valence-electron chi connectivity index (χ3n) is 4.55. The number of ketones is 4. The highest BCUT2D eigenvalue weighted by Gasteiger charge is 2.13. The average Bonchev–Trinajstić information content (AvgIpc) is 2.73. The van der Waals surface area contributed by atoms with Crippen LogP contribution in [0.3, 0.4) is 0 Å². The van der Waals surface area contributed by atoms with Gasteiger partial charge in [0.2, 0.25) is 0 Å². The summed E-state index contributed by atoms with van der Waals surface area (Å²) < 4.78 is 11.6. The molecule has 2 aromatic carbocycles. The summed E-state index contributed by atoms with van der Waals surface area (Å²) in [7, 11) is 0. The zero-order chi connectivity index (χ0) is 23.7. The lowest BCUT2D eigenvalue weighted by atomic mass is 10.0. The van der Waals surface area contributed by atoms with Gasteiger partial charge in [0.05, 0.1) is 11.1 Å². The zero-order valence-corrected chi connectivity index (χ0v) is 18.6. The van der Waals surface area contributed by atoms with Crippen molar-refractivity contribution in [2.75, 3.05) is 13.2 Å². The van der Waals surface area contributed by atoms with Crippen LogP contribution in [0.4, 0.5) is 0 Å². The molecule has 0 aliphatic carbocycles. The van der Waals surface area contributed by atoms with E-state index < -0.39 is 0 Å². The highest BCUT2D eigenvalue weighted by molar-refractivity contribution is 6.22. The average molecular weight is 434 g/mol. The summed E-state index contributed by atoms with van der Waals surface area (Å²) in [6.45, 7) is 5.79. The summed E-state index contributed by atoms with van der Waals surface area (Å²) in [4.78, 5) is 46.9. The number of hydrogen-bond donors (Lipinski definition) is 0. The number of hydrogen-bond acceptors (Lipinski definition) is 6. The topological polar surface area (TPSA) is 86.7 Å². The molecule has 0 aromatic heterocycles. The maximum atomic E-state index is 11.7. The number of benzene rings is 2. The summed E-state index contributed by atoms with van der Waals surface area (Å²) in [6.07, 6.45) is 3.04. The molecule has 0 aliphatic rings. The van der Waals surface area contributed by atoms with Crippen LogP contribution >= 0.6 is 0 Å².